The van der Waals surface area contributed by atoms with E-state index in [2.05, 4.69) is 79.9 Å². The fraction of sp³-hybridized carbons (Fsp3) is 0.294. The van der Waals surface area contributed by atoms with Crippen LogP contribution in [0.25, 0.3) is 0 Å². The molecule has 0 atom stereocenters. The standard InChI is InChI=1S/C17H23NSi/c1-4-15-10-8-9-13-17(15)18-14-19(2,3)16-11-6-5-7-12-16/h5-13,18H,4,14H2,1-3H3. The number of para-hydroxylation sites is 1. The zero-order valence-corrected chi connectivity index (χ0v) is 13.1. The van der Waals surface area contributed by atoms with Crippen molar-refractivity contribution in [1.82, 2.24) is 0 Å². The smallest absolute Gasteiger partial charge is 0.101 e. The zero-order valence-electron chi connectivity index (χ0n) is 12.1. The van der Waals surface area contributed by atoms with E-state index in [9.17, 15) is 0 Å². The van der Waals surface area contributed by atoms with Gasteiger partial charge in [0.25, 0.3) is 0 Å². The molecule has 0 saturated heterocycles. The normalized spacial score (nSPS) is 11.3. The van der Waals surface area contributed by atoms with Crippen LogP contribution in [0.2, 0.25) is 13.1 Å². The summed E-state index contributed by atoms with van der Waals surface area (Å²) in [7, 11) is -1.41. The first-order valence-corrected chi connectivity index (χ1v) is 10.2. The highest BCUT2D eigenvalue weighted by atomic mass is 28.3. The summed E-state index contributed by atoms with van der Waals surface area (Å²) in [6.45, 7) is 7.05. The fourth-order valence-electron chi connectivity index (χ4n) is 2.31. The highest BCUT2D eigenvalue weighted by Crippen LogP contribution is 2.16. The summed E-state index contributed by atoms with van der Waals surface area (Å²) in [6.07, 6.45) is 2.16. The van der Waals surface area contributed by atoms with Crippen molar-refractivity contribution in [2.45, 2.75) is 26.4 Å². The Bertz CT molecular complexity index is 520. The highest BCUT2D eigenvalue weighted by Gasteiger charge is 2.22. The SMILES string of the molecule is CCc1ccccc1NC[Si](C)(C)c1ccccc1. The van der Waals surface area contributed by atoms with Gasteiger partial charge in [-0.05, 0) is 18.1 Å². The van der Waals surface area contributed by atoms with Gasteiger partial charge in [-0.15, -0.1) is 0 Å². The molecule has 19 heavy (non-hydrogen) atoms. The molecule has 0 bridgehead atoms. The summed E-state index contributed by atoms with van der Waals surface area (Å²) in [5.41, 5.74) is 2.70. The van der Waals surface area contributed by atoms with E-state index in [1.807, 2.05) is 0 Å². The first-order valence-electron chi connectivity index (χ1n) is 7.01. The quantitative estimate of drug-likeness (QED) is 0.814. The van der Waals surface area contributed by atoms with Crippen molar-refractivity contribution in [3.63, 3.8) is 0 Å². The van der Waals surface area contributed by atoms with E-state index < -0.39 is 8.07 Å². The molecular formula is C17H23NSi. The Kier molecular flexibility index (Phi) is 4.43. The summed E-state index contributed by atoms with van der Waals surface area (Å²) < 4.78 is 0. The summed E-state index contributed by atoms with van der Waals surface area (Å²) in [6, 6.07) is 19.5. The second kappa shape index (κ2) is 6.07. The van der Waals surface area contributed by atoms with Crippen molar-refractivity contribution in [1.29, 1.82) is 0 Å². The van der Waals surface area contributed by atoms with Gasteiger partial charge in [0.15, 0.2) is 0 Å². The van der Waals surface area contributed by atoms with Crippen molar-refractivity contribution in [2.75, 3.05) is 11.5 Å². The van der Waals surface area contributed by atoms with Crippen molar-refractivity contribution < 1.29 is 0 Å². The minimum Gasteiger partial charge on any atom is -0.387 e. The van der Waals surface area contributed by atoms with Gasteiger partial charge in [0.2, 0.25) is 0 Å². The lowest BCUT2D eigenvalue weighted by molar-refractivity contribution is 1.13. The third kappa shape index (κ3) is 3.48. The number of benzene rings is 2. The number of anilines is 1. The molecule has 0 aliphatic carbocycles. The lowest BCUT2D eigenvalue weighted by atomic mass is 10.1. The second-order valence-electron chi connectivity index (χ2n) is 5.61. The average Bonchev–Trinajstić information content (AvgIpc) is 2.46. The topological polar surface area (TPSA) is 12.0 Å². The van der Waals surface area contributed by atoms with Crippen LogP contribution in [0.4, 0.5) is 5.69 Å². The molecule has 1 nitrogen and oxygen atoms in total. The first-order chi connectivity index (χ1) is 9.13. The fourth-order valence-corrected chi connectivity index (χ4v) is 4.24. The minimum absolute atomic E-state index is 1.08. The third-order valence-corrected chi connectivity index (χ3v) is 6.63. The molecular weight excluding hydrogens is 246 g/mol. The Labute approximate surface area is 117 Å². The number of hydrogen-bond acceptors (Lipinski definition) is 1. The maximum atomic E-state index is 3.66. The lowest BCUT2D eigenvalue weighted by Gasteiger charge is -2.24. The number of rotatable bonds is 5. The molecule has 0 spiro atoms. The molecule has 2 rings (SSSR count). The Hall–Kier alpha value is -1.54. The average molecular weight is 269 g/mol. The van der Waals surface area contributed by atoms with Gasteiger partial charge in [-0.3, -0.25) is 0 Å². The molecule has 2 aromatic rings. The number of aryl methyl sites for hydroxylation is 1. The summed E-state index contributed by atoms with van der Waals surface area (Å²) >= 11 is 0. The molecule has 100 valence electrons. The summed E-state index contributed by atoms with van der Waals surface area (Å²) in [5.74, 6) is 0. The largest absolute Gasteiger partial charge is 0.387 e. The van der Waals surface area contributed by atoms with Gasteiger partial charge in [0, 0.05) is 11.9 Å². The molecule has 1 N–H and O–H groups in total. The van der Waals surface area contributed by atoms with E-state index in [1.54, 1.807) is 0 Å². The van der Waals surface area contributed by atoms with E-state index in [-0.39, 0.29) is 0 Å². The van der Waals surface area contributed by atoms with Crippen molar-refractivity contribution in [3.8, 4) is 0 Å². The molecule has 0 heterocycles. The van der Waals surface area contributed by atoms with Crippen LogP contribution in [-0.4, -0.2) is 14.2 Å². The van der Waals surface area contributed by atoms with Gasteiger partial charge in [-0.1, -0.05) is 73.7 Å². The van der Waals surface area contributed by atoms with Gasteiger partial charge in [-0.2, -0.15) is 0 Å². The highest BCUT2D eigenvalue weighted by molar-refractivity contribution is 6.90. The predicted molar refractivity (Wildman–Crippen MR) is 87.9 cm³/mol. The van der Waals surface area contributed by atoms with E-state index in [0.29, 0.717) is 0 Å². The molecule has 0 fully saturated rings. The van der Waals surface area contributed by atoms with Crippen LogP contribution in [0.3, 0.4) is 0 Å². The number of hydrogen-bond donors (Lipinski definition) is 1. The first kappa shape index (κ1) is 13.9. The molecule has 0 radical (unpaired) electrons. The Morgan fingerprint density at radius 1 is 0.895 bits per heavy atom. The maximum Gasteiger partial charge on any atom is 0.101 e. The second-order valence-corrected chi connectivity index (χ2v) is 10.3. The molecule has 0 unspecified atom stereocenters. The summed E-state index contributed by atoms with van der Waals surface area (Å²) in [5, 5.41) is 5.18. The van der Waals surface area contributed by atoms with Crippen molar-refractivity contribution >= 4 is 18.9 Å². The van der Waals surface area contributed by atoms with Gasteiger partial charge < -0.3 is 5.32 Å². The molecule has 2 heteroatoms. The van der Waals surface area contributed by atoms with Crippen molar-refractivity contribution in [2.24, 2.45) is 0 Å². The molecule has 0 aliphatic rings. The van der Waals surface area contributed by atoms with E-state index in [4.69, 9.17) is 0 Å². The van der Waals surface area contributed by atoms with Crippen LogP contribution in [-0.2, 0) is 6.42 Å². The van der Waals surface area contributed by atoms with Crippen LogP contribution in [0, 0.1) is 0 Å². The van der Waals surface area contributed by atoms with Crippen LogP contribution in [0.15, 0.2) is 54.6 Å². The number of nitrogens with one attached hydrogen (secondary N) is 1. The lowest BCUT2D eigenvalue weighted by Crippen LogP contribution is -2.48. The molecule has 2 aromatic carbocycles. The Morgan fingerprint density at radius 2 is 1.53 bits per heavy atom. The van der Waals surface area contributed by atoms with Gasteiger partial charge in [-0.25, -0.2) is 0 Å². The zero-order chi connectivity index (χ0) is 13.7. The van der Waals surface area contributed by atoms with E-state index in [0.717, 1.165) is 12.6 Å². The van der Waals surface area contributed by atoms with Crippen molar-refractivity contribution in [3.05, 3.63) is 60.2 Å². The Morgan fingerprint density at radius 3 is 2.21 bits per heavy atom. The van der Waals surface area contributed by atoms with Crippen LogP contribution >= 0.6 is 0 Å². The minimum atomic E-state index is -1.41. The van der Waals surface area contributed by atoms with Crippen LogP contribution in [0.1, 0.15) is 12.5 Å². The molecule has 0 amide bonds. The molecule has 0 aliphatic heterocycles. The van der Waals surface area contributed by atoms with E-state index >= 15 is 0 Å². The Balaban J connectivity index is 2.10. The van der Waals surface area contributed by atoms with Crippen LogP contribution < -0.4 is 10.5 Å². The molecule has 0 saturated carbocycles. The van der Waals surface area contributed by atoms with Gasteiger partial charge in [0.05, 0.1) is 0 Å². The monoisotopic (exact) mass is 269 g/mol. The van der Waals surface area contributed by atoms with E-state index in [1.165, 1.54) is 16.4 Å². The van der Waals surface area contributed by atoms with Crippen LogP contribution in [0.5, 0.6) is 0 Å². The predicted octanol–water partition coefficient (Wildman–Crippen LogP) is 3.82. The summed E-state index contributed by atoms with van der Waals surface area (Å²) in [4.78, 5) is 0. The van der Waals surface area contributed by atoms with Gasteiger partial charge in [0.1, 0.15) is 8.07 Å². The maximum absolute atomic E-state index is 3.66. The molecule has 0 aromatic heterocycles. The third-order valence-electron chi connectivity index (χ3n) is 3.67. The van der Waals surface area contributed by atoms with Gasteiger partial charge >= 0.3 is 0 Å².